The number of benzene rings is 2. The van der Waals surface area contributed by atoms with Crippen molar-refractivity contribution in [1.29, 1.82) is 0 Å². The summed E-state index contributed by atoms with van der Waals surface area (Å²) in [5, 5.41) is 4.29. The van der Waals surface area contributed by atoms with E-state index < -0.39 is 0 Å². The predicted molar refractivity (Wildman–Crippen MR) is 110 cm³/mol. The van der Waals surface area contributed by atoms with Gasteiger partial charge in [-0.1, -0.05) is 42.5 Å². The normalized spacial score (nSPS) is 11.4. The highest BCUT2D eigenvalue weighted by Gasteiger charge is 2.20. The Labute approximate surface area is 162 Å². The van der Waals surface area contributed by atoms with Crippen LogP contribution in [-0.2, 0) is 20.6 Å². The summed E-state index contributed by atoms with van der Waals surface area (Å²) >= 11 is 0. The molecule has 6 heteroatoms. The summed E-state index contributed by atoms with van der Waals surface area (Å²) in [4.78, 5) is 9.69. The summed E-state index contributed by atoms with van der Waals surface area (Å²) in [7, 11) is 3.99. The van der Waals surface area contributed by atoms with Crippen LogP contribution < -0.4 is 0 Å². The minimum Gasteiger partial charge on any atom is -0.326 e. The molecule has 0 amide bonds. The molecular formula is C22H20N6. The maximum atomic E-state index is 4.93. The van der Waals surface area contributed by atoms with Crippen LogP contribution in [0.1, 0.15) is 5.56 Å². The quantitative estimate of drug-likeness (QED) is 0.484. The minimum absolute atomic E-state index is 0.687. The van der Waals surface area contributed by atoms with Gasteiger partial charge in [-0.15, -0.1) is 0 Å². The molecular weight excluding hydrogens is 348 g/mol. The van der Waals surface area contributed by atoms with Crippen molar-refractivity contribution in [1.82, 2.24) is 28.9 Å². The summed E-state index contributed by atoms with van der Waals surface area (Å²) in [6.45, 7) is 0.687. The molecule has 6 nitrogen and oxygen atoms in total. The van der Waals surface area contributed by atoms with Crippen molar-refractivity contribution in [3.63, 3.8) is 0 Å². The Morgan fingerprint density at radius 3 is 2.46 bits per heavy atom. The van der Waals surface area contributed by atoms with Gasteiger partial charge in [0.05, 0.1) is 35.8 Å². The maximum Gasteiger partial charge on any atom is 0.159 e. The van der Waals surface area contributed by atoms with E-state index in [4.69, 9.17) is 9.97 Å². The Kier molecular flexibility index (Phi) is 3.83. The van der Waals surface area contributed by atoms with Crippen LogP contribution in [0.3, 0.4) is 0 Å². The zero-order valence-corrected chi connectivity index (χ0v) is 15.8. The average Bonchev–Trinajstić information content (AvgIpc) is 3.41. The molecule has 5 aromatic rings. The van der Waals surface area contributed by atoms with Gasteiger partial charge in [0, 0.05) is 31.4 Å². The second-order valence-corrected chi connectivity index (χ2v) is 6.94. The van der Waals surface area contributed by atoms with E-state index in [0.717, 1.165) is 39.4 Å². The number of hydrogen-bond donors (Lipinski definition) is 0. The van der Waals surface area contributed by atoms with Gasteiger partial charge in [-0.25, -0.2) is 9.97 Å². The van der Waals surface area contributed by atoms with Crippen LogP contribution in [0, 0.1) is 0 Å². The van der Waals surface area contributed by atoms with Crippen molar-refractivity contribution >= 4 is 11.0 Å². The molecule has 0 aliphatic carbocycles. The number of nitrogens with zero attached hydrogens (tertiary/aromatic N) is 6. The molecule has 2 aromatic carbocycles. The zero-order chi connectivity index (χ0) is 19.1. The molecule has 28 heavy (non-hydrogen) atoms. The smallest absolute Gasteiger partial charge is 0.159 e. The van der Waals surface area contributed by atoms with Crippen LogP contribution in [0.4, 0.5) is 0 Å². The number of para-hydroxylation sites is 2. The molecule has 0 aliphatic rings. The molecule has 0 unspecified atom stereocenters. The molecule has 0 spiro atoms. The third-order valence-corrected chi connectivity index (χ3v) is 5.00. The van der Waals surface area contributed by atoms with Crippen LogP contribution in [-0.4, -0.2) is 28.9 Å². The van der Waals surface area contributed by atoms with Crippen molar-refractivity contribution in [2.24, 2.45) is 14.1 Å². The number of imidazole rings is 2. The highest BCUT2D eigenvalue weighted by molar-refractivity contribution is 5.84. The highest BCUT2D eigenvalue weighted by Crippen LogP contribution is 2.32. The Morgan fingerprint density at radius 2 is 1.71 bits per heavy atom. The lowest BCUT2D eigenvalue weighted by Gasteiger charge is -2.10. The molecule has 138 valence electrons. The molecule has 0 saturated carbocycles. The van der Waals surface area contributed by atoms with E-state index in [2.05, 4.69) is 39.5 Å². The first-order valence-corrected chi connectivity index (χ1v) is 9.20. The molecule has 0 fully saturated rings. The van der Waals surface area contributed by atoms with Crippen molar-refractivity contribution in [2.45, 2.75) is 6.54 Å². The summed E-state index contributed by atoms with van der Waals surface area (Å²) in [6.07, 6.45) is 5.81. The van der Waals surface area contributed by atoms with Gasteiger partial charge in [0.2, 0.25) is 0 Å². The molecule has 0 N–H and O–H groups in total. The zero-order valence-electron chi connectivity index (χ0n) is 15.8. The van der Waals surface area contributed by atoms with Crippen LogP contribution >= 0.6 is 0 Å². The highest BCUT2D eigenvalue weighted by atomic mass is 15.2. The van der Waals surface area contributed by atoms with Crippen LogP contribution in [0.15, 0.2) is 73.3 Å². The lowest BCUT2D eigenvalue weighted by Crippen LogP contribution is -2.04. The first-order valence-electron chi connectivity index (χ1n) is 9.20. The number of fused-ring (bicyclic) bond motifs is 1. The van der Waals surface area contributed by atoms with Crippen LogP contribution in [0.2, 0.25) is 0 Å². The Bertz CT molecular complexity index is 1260. The molecule has 0 saturated heterocycles. The average molecular weight is 368 g/mol. The van der Waals surface area contributed by atoms with Gasteiger partial charge >= 0.3 is 0 Å². The number of aromatic nitrogens is 6. The fourth-order valence-electron chi connectivity index (χ4n) is 3.65. The minimum atomic E-state index is 0.687. The summed E-state index contributed by atoms with van der Waals surface area (Å²) in [6, 6.07) is 18.5. The van der Waals surface area contributed by atoms with E-state index >= 15 is 0 Å². The van der Waals surface area contributed by atoms with Crippen molar-refractivity contribution in [3.05, 3.63) is 78.9 Å². The second-order valence-electron chi connectivity index (χ2n) is 6.94. The number of rotatable bonds is 4. The Balaban J connectivity index is 1.73. The van der Waals surface area contributed by atoms with Gasteiger partial charge in [-0.2, -0.15) is 5.10 Å². The van der Waals surface area contributed by atoms with Crippen LogP contribution in [0.25, 0.3) is 33.8 Å². The van der Waals surface area contributed by atoms with Gasteiger partial charge in [0.15, 0.2) is 5.82 Å². The summed E-state index contributed by atoms with van der Waals surface area (Å²) in [5.41, 5.74) is 6.23. The van der Waals surface area contributed by atoms with E-state index in [1.54, 1.807) is 0 Å². The SMILES string of the molecule is Cn1cc(Cn2cnc(-c3ccccc3)c2-c2nc3ccccc3n2C)cn1. The Morgan fingerprint density at radius 1 is 0.929 bits per heavy atom. The van der Waals surface area contributed by atoms with E-state index in [0.29, 0.717) is 6.54 Å². The molecule has 3 aromatic heterocycles. The summed E-state index contributed by atoms with van der Waals surface area (Å²) in [5.74, 6) is 0.904. The fraction of sp³-hybridized carbons (Fsp3) is 0.136. The van der Waals surface area contributed by atoms with Gasteiger partial charge in [0.1, 0.15) is 5.69 Å². The first-order chi connectivity index (χ1) is 13.7. The van der Waals surface area contributed by atoms with Gasteiger partial charge in [-0.05, 0) is 12.1 Å². The fourth-order valence-corrected chi connectivity index (χ4v) is 3.65. The molecule has 5 rings (SSSR count). The van der Waals surface area contributed by atoms with Crippen molar-refractivity contribution in [2.75, 3.05) is 0 Å². The second kappa shape index (κ2) is 6.49. The molecule has 0 bridgehead atoms. The molecule has 0 radical (unpaired) electrons. The van der Waals surface area contributed by atoms with E-state index in [1.165, 1.54) is 0 Å². The standard InChI is InChI=1S/C22H20N6/c1-26-13-16(12-24-26)14-28-15-23-20(17-8-4-3-5-9-17)21(28)22-25-18-10-6-7-11-19(18)27(22)2/h3-13,15H,14H2,1-2H3. The van der Waals surface area contributed by atoms with Crippen molar-refractivity contribution < 1.29 is 0 Å². The van der Waals surface area contributed by atoms with Crippen molar-refractivity contribution in [3.8, 4) is 22.8 Å². The molecule has 3 heterocycles. The van der Waals surface area contributed by atoms with Gasteiger partial charge < -0.3 is 9.13 Å². The van der Waals surface area contributed by atoms with E-state index in [-0.39, 0.29) is 0 Å². The maximum absolute atomic E-state index is 4.93. The van der Waals surface area contributed by atoms with Crippen LogP contribution in [0.5, 0.6) is 0 Å². The van der Waals surface area contributed by atoms with E-state index in [1.807, 2.05) is 66.8 Å². The number of hydrogen-bond acceptors (Lipinski definition) is 3. The third-order valence-electron chi connectivity index (χ3n) is 5.00. The predicted octanol–water partition coefficient (Wildman–Crippen LogP) is 3.89. The third kappa shape index (κ3) is 2.70. The Hall–Kier alpha value is -3.67. The topological polar surface area (TPSA) is 53.5 Å². The van der Waals surface area contributed by atoms with Gasteiger partial charge in [0.25, 0.3) is 0 Å². The van der Waals surface area contributed by atoms with Gasteiger partial charge in [-0.3, -0.25) is 4.68 Å². The molecule has 0 atom stereocenters. The molecule has 0 aliphatic heterocycles. The lowest BCUT2D eigenvalue weighted by molar-refractivity contribution is 0.761. The lowest BCUT2D eigenvalue weighted by atomic mass is 10.1. The van der Waals surface area contributed by atoms with E-state index in [9.17, 15) is 0 Å². The number of aryl methyl sites for hydroxylation is 2. The monoisotopic (exact) mass is 368 g/mol. The largest absolute Gasteiger partial charge is 0.326 e. The summed E-state index contributed by atoms with van der Waals surface area (Å²) < 4.78 is 6.11. The first kappa shape index (κ1) is 16.5.